The Morgan fingerprint density at radius 1 is 1.19 bits per heavy atom. The third kappa shape index (κ3) is 5.09. The maximum atomic E-state index is 12.6. The van der Waals surface area contributed by atoms with Gasteiger partial charge in [-0.15, -0.1) is 0 Å². The first-order chi connectivity index (χ1) is 12.4. The molecule has 0 unspecified atom stereocenters. The van der Waals surface area contributed by atoms with E-state index in [4.69, 9.17) is 0 Å². The van der Waals surface area contributed by atoms with E-state index in [2.05, 4.69) is 47.7 Å². The normalized spacial score (nSPS) is 18.7. The molecule has 2 heterocycles. The van der Waals surface area contributed by atoms with Crippen LogP contribution in [0, 0.1) is 25.7 Å². The van der Waals surface area contributed by atoms with Crippen molar-refractivity contribution in [3.8, 4) is 0 Å². The molecule has 146 valence electrons. The number of nitrogens with zero attached hydrogens (tertiary/aromatic N) is 3. The van der Waals surface area contributed by atoms with Crippen LogP contribution in [0.2, 0.25) is 0 Å². The quantitative estimate of drug-likeness (QED) is 0.775. The summed E-state index contributed by atoms with van der Waals surface area (Å²) in [6.45, 7) is 12.6. The van der Waals surface area contributed by atoms with Crippen LogP contribution in [-0.4, -0.2) is 46.3 Å². The van der Waals surface area contributed by atoms with Crippen molar-refractivity contribution < 1.29 is 4.79 Å². The molecule has 1 saturated heterocycles. The van der Waals surface area contributed by atoms with E-state index >= 15 is 0 Å². The summed E-state index contributed by atoms with van der Waals surface area (Å²) in [5.74, 6) is 1.82. The molecule has 1 saturated carbocycles. The molecular weight excluding hydrogens is 324 g/mol. The number of hydrogen-bond acceptors (Lipinski definition) is 3. The Balaban J connectivity index is 1.44. The number of carbonyl (C=O) groups excluding carboxylic acids is 1. The largest absolute Gasteiger partial charge is 0.343 e. The van der Waals surface area contributed by atoms with Crippen LogP contribution in [0.3, 0.4) is 0 Å². The first-order valence-corrected chi connectivity index (χ1v) is 10.5. The highest BCUT2D eigenvalue weighted by Crippen LogP contribution is 2.28. The van der Waals surface area contributed by atoms with Crippen molar-refractivity contribution in [3.05, 3.63) is 17.0 Å². The van der Waals surface area contributed by atoms with Crippen LogP contribution < -0.4 is 5.32 Å². The van der Waals surface area contributed by atoms with Crippen molar-refractivity contribution in [1.29, 1.82) is 0 Å². The van der Waals surface area contributed by atoms with E-state index in [1.165, 1.54) is 30.6 Å². The van der Waals surface area contributed by atoms with E-state index in [0.717, 1.165) is 50.5 Å². The highest BCUT2D eigenvalue weighted by molar-refractivity contribution is 5.76. The van der Waals surface area contributed by atoms with Gasteiger partial charge in [0.2, 0.25) is 5.91 Å². The monoisotopic (exact) mass is 360 g/mol. The van der Waals surface area contributed by atoms with Gasteiger partial charge in [0.25, 0.3) is 0 Å². The number of nitrogens with one attached hydrogen (secondary N) is 1. The second kappa shape index (κ2) is 8.55. The van der Waals surface area contributed by atoms with Crippen molar-refractivity contribution >= 4 is 5.91 Å². The van der Waals surface area contributed by atoms with Gasteiger partial charge in [0, 0.05) is 37.8 Å². The number of carbonyl (C=O) groups is 1. The number of aryl methyl sites for hydroxylation is 1. The van der Waals surface area contributed by atoms with Gasteiger partial charge in [0.15, 0.2) is 0 Å². The zero-order valence-electron chi connectivity index (χ0n) is 17.1. The van der Waals surface area contributed by atoms with E-state index in [9.17, 15) is 4.79 Å². The van der Waals surface area contributed by atoms with Crippen molar-refractivity contribution in [2.45, 2.75) is 78.8 Å². The molecule has 2 aliphatic rings. The molecule has 1 aromatic heterocycles. The van der Waals surface area contributed by atoms with E-state index in [0.29, 0.717) is 24.3 Å². The Morgan fingerprint density at radius 2 is 1.88 bits per heavy atom. The predicted octanol–water partition coefficient (Wildman–Crippen LogP) is 3.08. The van der Waals surface area contributed by atoms with Crippen LogP contribution in [0.4, 0.5) is 0 Å². The Hall–Kier alpha value is -1.36. The third-order valence-corrected chi connectivity index (χ3v) is 5.90. The average molecular weight is 361 g/mol. The van der Waals surface area contributed by atoms with Crippen LogP contribution >= 0.6 is 0 Å². The smallest absolute Gasteiger partial charge is 0.222 e. The number of aromatic nitrogens is 2. The van der Waals surface area contributed by atoms with E-state index in [1.807, 2.05) is 0 Å². The summed E-state index contributed by atoms with van der Waals surface area (Å²) < 4.78 is 2.11. The summed E-state index contributed by atoms with van der Waals surface area (Å²) in [5, 5.41) is 8.36. The van der Waals surface area contributed by atoms with Crippen LogP contribution in [0.5, 0.6) is 0 Å². The lowest BCUT2D eigenvalue weighted by Crippen LogP contribution is -2.45. The number of amides is 1. The van der Waals surface area contributed by atoms with Crippen molar-refractivity contribution in [3.63, 3.8) is 0 Å². The molecule has 0 spiro atoms. The molecule has 0 radical (unpaired) electrons. The van der Waals surface area contributed by atoms with Crippen molar-refractivity contribution in [2.24, 2.45) is 11.8 Å². The molecule has 1 aliphatic carbocycles. The molecule has 5 heteroatoms. The van der Waals surface area contributed by atoms with Gasteiger partial charge in [0.1, 0.15) is 0 Å². The highest BCUT2D eigenvalue weighted by Gasteiger charge is 2.26. The molecule has 1 aliphatic heterocycles. The fourth-order valence-electron chi connectivity index (χ4n) is 4.00. The third-order valence-electron chi connectivity index (χ3n) is 5.90. The highest BCUT2D eigenvalue weighted by atomic mass is 16.2. The SMILES string of the molecule is Cc1nn(CC(C)C)c(C)c1CCC(=O)N1CCC(NCC2CC2)CC1. The summed E-state index contributed by atoms with van der Waals surface area (Å²) in [5.41, 5.74) is 3.57. The lowest BCUT2D eigenvalue weighted by atomic mass is 10.0. The minimum Gasteiger partial charge on any atom is -0.343 e. The van der Waals surface area contributed by atoms with Gasteiger partial charge in [-0.3, -0.25) is 9.48 Å². The Labute approximate surface area is 158 Å². The zero-order chi connectivity index (χ0) is 18.7. The van der Waals surface area contributed by atoms with E-state index < -0.39 is 0 Å². The van der Waals surface area contributed by atoms with E-state index in [-0.39, 0.29) is 0 Å². The van der Waals surface area contributed by atoms with Crippen LogP contribution in [0.25, 0.3) is 0 Å². The number of hydrogen-bond donors (Lipinski definition) is 1. The summed E-state index contributed by atoms with van der Waals surface area (Å²) in [4.78, 5) is 14.7. The summed E-state index contributed by atoms with van der Waals surface area (Å²) in [7, 11) is 0. The minimum atomic E-state index is 0.307. The van der Waals surface area contributed by atoms with Crippen LogP contribution in [-0.2, 0) is 17.8 Å². The molecule has 3 rings (SSSR count). The second-order valence-electron chi connectivity index (χ2n) is 8.73. The first kappa shape index (κ1) is 19.4. The van der Waals surface area contributed by atoms with Crippen molar-refractivity contribution in [2.75, 3.05) is 19.6 Å². The van der Waals surface area contributed by atoms with Gasteiger partial charge < -0.3 is 10.2 Å². The van der Waals surface area contributed by atoms with Crippen LogP contribution in [0.1, 0.15) is 62.9 Å². The predicted molar refractivity (Wildman–Crippen MR) is 105 cm³/mol. The fourth-order valence-corrected chi connectivity index (χ4v) is 4.00. The van der Waals surface area contributed by atoms with Crippen molar-refractivity contribution in [1.82, 2.24) is 20.0 Å². The van der Waals surface area contributed by atoms with Gasteiger partial charge in [-0.05, 0) is 69.9 Å². The van der Waals surface area contributed by atoms with Gasteiger partial charge in [-0.2, -0.15) is 5.10 Å². The van der Waals surface area contributed by atoms with Gasteiger partial charge >= 0.3 is 0 Å². The minimum absolute atomic E-state index is 0.307. The molecule has 1 amide bonds. The number of likely N-dealkylation sites (tertiary alicyclic amines) is 1. The molecule has 26 heavy (non-hydrogen) atoms. The number of piperidine rings is 1. The second-order valence-corrected chi connectivity index (χ2v) is 8.73. The van der Waals surface area contributed by atoms with Gasteiger partial charge in [-0.25, -0.2) is 0 Å². The molecule has 0 aromatic carbocycles. The summed E-state index contributed by atoms with van der Waals surface area (Å²) in [6.07, 6.45) is 6.42. The maximum Gasteiger partial charge on any atom is 0.222 e. The molecule has 1 N–H and O–H groups in total. The van der Waals surface area contributed by atoms with Gasteiger partial charge in [0.05, 0.1) is 5.69 Å². The molecule has 0 bridgehead atoms. The molecular formula is C21H36N4O. The molecule has 0 atom stereocenters. The van der Waals surface area contributed by atoms with Crippen LogP contribution in [0.15, 0.2) is 0 Å². The van der Waals surface area contributed by atoms with E-state index in [1.54, 1.807) is 0 Å². The Kier molecular flexibility index (Phi) is 6.38. The lowest BCUT2D eigenvalue weighted by molar-refractivity contribution is -0.132. The topological polar surface area (TPSA) is 50.2 Å². The lowest BCUT2D eigenvalue weighted by Gasteiger charge is -2.32. The first-order valence-electron chi connectivity index (χ1n) is 10.5. The molecule has 1 aromatic rings. The maximum absolute atomic E-state index is 12.6. The molecule has 2 fully saturated rings. The standard InChI is InChI=1S/C21H36N4O/c1-15(2)14-25-17(4)20(16(3)23-25)7-8-21(26)24-11-9-19(10-12-24)22-13-18-5-6-18/h15,18-19,22H,5-14H2,1-4H3. The molecule has 5 nitrogen and oxygen atoms in total. The Morgan fingerprint density at radius 3 is 2.50 bits per heavy atom. The zero-order valence-corrected chi connectivity index (χ0v) is 17.1. The number of rotatable bonds is 8. The average Bonchev–Trinajstić information content (AvgIpc) is 3.39. The summed E-state index contributed by atoms with van der Waals surface area (Å²) >= 11 is 0. The Bertz CT molecular complexity index is 610. The fraction of sp³-hybridized carbons (Fsp3) is 0.810. The van der Waals surface area contributed by atoms with Gasteiger partial charge in [-0.1, -0.05) is 13.8 Å². The summed E-state index contributed by atoms with van der Waals surface area (Å²) in [6, 6.07) is 0.610.